The van der Waals surface area contributed by atoms with E-state index in [2.05, 4.69) is 78.7 Å². The number of anilines is 3. The topological polar surface area (TPSA) is 75.2 Å². The van der Waals surface area contributed by atoms with E-state index < -0.39 is 10.8 Å². The van der Waals surface area contributed by atoms with E-state index in [4.69, 9.17) is 9.97 Å². The van der Waals surface area contributed by atoms with Crippen molar-refractivity contribution < 1.29 is 9.59 Å². The highest BCUT2D eigenvalue weighted by molar-refractivity contribution is 7.10. The Morgan fingerprint density at radius 3 is 1.98 bits per heavy atom. The minimum atomic E-state index is -0.546. The fourth-order valence-corrected chi connectivity index (χ4v) is 13.5. The largest absolute Gasteiger partial charge is 0.342 e. The maximum absolute atomic E-state index is 14.8. The van der Waals surface area contributed by atoms with Crippen molar-refractivity contribution in [2.24, 2.45) is 10.8 Å². The Morgan fingerprint density at radius 2 is 1.29 bits per heavy atom. The molecule has 6 nitrogen and oxygen atoms in total. The molecule has 0 amide bonds. The van der Waals surface area contributed by atoms with Crippen LogP contribution in [0.1, 0.15) is 118 Å². The summed E-state index contributed by atoms with van der Waals surface area (Å²) in [7, 11) is 0. The van der Waals surface area contributed by atoms with Gasteiger partial charge >= 0.3 is 0 Å². The summed E-state index contributed by atoms with van der Waals surface area (Å²) >= 11 is 3.33. The van der Waals surface area contributed by atoms with Crippen LogP contribution in [0.4, 0.5) is 17.3 Å². The molecular weight excluding hydrogens is 669 g/mol. The first-order chi connectivity index (χ1) is 24.9. The maximum Gasteiger partial charge on any atom is 0.162 e. The van der Waals surface area contributed by atoms with E-state index in [-0.39, 0.29) is 10.8 Å². The van der Waals surface area contributed by atoms with Crippen molar-refractivity contribution in [1.82, 2.24) is 9.97 Å². The highest BCUT2D eigenvalue weighted by atomic mass is 32.1. The highest BCUT2D eigenvalue weighted by Gasteiger charge is 2.56. The van der Waals surface area contributed by atoms with Crippen molar-refractivity contribution in [2.45, 2.75) is 108 Å². The van der Waals surface area contributed by atoms with E-state index in [1.807, 2.05) is 11.0 Å². The third-order valence-electron chi connectivity index (χ3n) is 13.8. The smallest absolute Gasteiger partial charge is 0.162 e. The Bertz CT molecular complexity index is 2150. The SMILES string of the molecule is CCC1(c2ccc(N3C4=C(C(=O)CC5(CCCC5)C4)C(CC)(c4ccccc4)c4scnc43)cc2)C2=C(CC3(CCC3)CC2=O)Nc2ncsc21. The van der Waals surface area contributed by atoms with E-state index in [0.717, 1.165) is 107 Å². The summed E-state index contributed by atoms with van der Waals surface area (Å²) in [5.74, 6) is 2.47. The maximum atomic E-state index is 14.8. The van der Waals surface area contributed by atoms with Gasteiger partial charge in [-0.05, 0) is 85.5 Å². The van der Waals surface area contributed by atoms with Crippen molar-refractivity contribution in [2.75, 3.05) is 10.2 Å². The van der Waals surface area contributed by atoms with Crippen molar-refractivity contribution >= 4 is 51.6 Å². The summed E-state index contributed by atoms with van der Waals surface area (Å²) < 4.78 is 0. The number of fused-ring (bicyclic) bond motifs is 2. The number of aromatic nitrogens is 2. The molecule has 51 heavy (non-hydrogen) atoms. The lowest BCUT2D eigenvalue weighted by Gasteiger charge is -2.50. The lowest BCUT2D eigenvalue weighted by molar-refractivity contribution is -0.121. The van der Waals surface area contributed by atoms with Gasteiger partial charge in [0.05, 0.1) is 31.6 Å². The molecule has 0 saturated heterocycles. The number of Topliss-reactive ketones (excluding diaryl/α,β-unsaturated/α-hetero) is 2. The number of nitrogens with zero attached hydrogens (tertiary/aromatic N) is 3. The Hall–Kier alpha value is -3.88. The zero-order valence-corrected chi connectivity index (χ0v) is 31.2. The molecule has 1 N–H and O–H groups in total. The van der Waals surface area contributed by atoms with Crippen LogP contribution in [0, 0.1) is 10.8 Å². The molecule has 6 aliphatic rings. The molecule has 2 unspecified atom stereocenters. The number of thiazole rings is 2. The van der Waals surface area contributed by atoms with Gasteiger partial charge in [-0.3, -0.25) is 14.5 Å². The molecule has 2 aliphatic heterocycles. The Kier molecular flexibility index (Phi) is 7.06. The third-order valence-corrected chi connectivity index (χ3v) is 15.8. The number of allylic oxidation sites excluding steroid dienone is 4. The molecule has 260 valence electrons. The van der Waals surface area contributed by atoms with Gasteiger partial charge in [0.15, 0.2) is 17.4 Å². The lowest BCUT2D eigenvalue weighted by Crippen LogP contribution is -2.46. The highest BCUT2D eigenvalue weighted by Crippen LogP contribution is 2.62. The molecular formula is C43H44N4O2S2. The van der Waals surface area contributed by atoms with Crippen LogP contribution in [0.5, 0.6) is 0 Å². The predicted octanol–water partition coefficient (Wildman–Crippen LogP) is 10.5. The molecule has 8 heteroatoms. The fourth-order valence-electron chi connectivity index (χ4n) is 11.4. The number of hydrogen-bond donors (Lipinski definition) is 1. The molecule has 4 heterocycles. The van der Waals surface area contributed by atoms with Gasteiger partial charge in [0.2, 0.25) is 0 Å². The van der Waals surface area contributed by atoms with Crippen LogP contribution >= 0.6 is 22.7 Å². The summed E-state index contributed by atoms with van der Waals surface area (Å²) in [4.78, 5) is 43.6. The minimum absolute atomic E-state index is 0.0176. The van der Waals surface area contributed by atoms with Crippen LogP contribution in [-0.4, -0.2) is 21.5 Å². The first-order valence-corrected chi connectivity index (χ1v) is 20.8. The van der Waals surface area contributed by atoms with E-state index in [1.165, 1.54) is 24.8 Å². The second-order valence-corrected chi connectivity index (χ2v) is 17.9. The predicted molar refractivity (Wildman–Crippen MR) is 205 cm³/mol. The molecule has 0 bridgehead atoms. The zero-order chi connectivity index (χ0) is 34.6. The van der Waals surface area contributed by atoms with Crippen LogP contribution < -0.4 is 10.2 Å². The Labute approximate surface area is 308 Å². The molecule has 2 fully saturated rings. The van der Waals surface area contributed by atoms with E-state index in [9.17, 15) is 9.59 Å². The zero-order valence-electron chi connectivity index (χ0n) is 29.5. The number of nitrogens with one attached hydrogen (secondary N) is 1. The van der Waals surface area contributed by atoms with Crippen LogP contribution in [0.15, 0.2) is 88.2 Å². The van der Waals surface area contributed by atoms with Crippen molar-refractivity contribution in [3.05, 3.63) is 109 Å². The number of carbonyl (C=O) groups excluding carboxylic acids is 2. The average molecular weight is 713 g/mol. The second kappa shape index (κ2) is 11.3. The molecule has 0 radical (unpaired) electrons. The number of hydrogen-bond acceptors (Lipinski definition) is 8. The van der Waals surface area contributed by atoms with Crippen LogP contribution in [0.2, 0.25) is 0 Å². The minimum Gasteiger partial charge on any atom is -0.342 e. The second-order valence-electron chi connectivity index (χ2n) is 16.2. The molecule has 2 aromatic carbocycles. The lowest BCUT2D eigenvalue weighted by atomic mass is 9.56. The van der Waals surface area contributed by atoms with Crippen LogP contribution in [0.3, 0.4) is 0 Å². The summed E-state index contributed by atoms with van der Waals surface area (Å²) in [5.41, 5.74) is 10.5. The van der Waals surface area contributed by atoms with E-state index in [1.54, 1.807) is 22.7 Å². The molecule has 2 atom stereocenters. The van der Waals surface area contributed by atoms with Gasteiger partial charge in [0.1, 0.15) is 5.82 Å². The quantitative estimate of drug-likeness (QED) is 0.222. The molecule has 2 spiro atoms. The number of carbonyl (C=O) groups is 2. The number of benzene rings is 2. The van der Waals surface area contributed by atoms with E-state index in [0.29, 0.717) is 24.4 Å². The average Bonchev–Trinajstić information content (AvgIpc) is 3.92. The summed E-state index contributed by atoms with van der Waals surface area (Å²) in [5, 5.41) is 3.65. The normalized spacial score (nSPS) is 27.2. The molecule has 4 aliphatic carbocycles. The fraction of sp³-hybridized carbons (Fsp3) is 0.442. The van der Waals surface area contributed by atoms with Crippen LogP contribution in [0.25, 0.3) is 0 Å². The van der Waals surface area contributed by atoms with Crippen molar-refractivity contribution in [3.63, 3.8) is 0 Å². The molecule has 10 rings (SSSR count). The van der Waals surface area contributed by atoms with Gasteiger partial charge in [0.25, 0.3) is 0 Å². The Morgan fingerprint density at radius 1 is 0.686 bits per heavy atom. The van der Waals surface area contributed by atoms with Gasteiger partial charge in [-0.25, -0.2) is 9.97 Å². The first kappa shape index (κ1) is 31.8. The van der Waals surface area contributed by atoms with Gasteiger partial charge in [-0.15, -0.1) is 22.7 Å². The third kappa shape index (κ3) is 4.26. The first-order valence-electron chi connectivity index (χ1n) is 19.0. The summed E-state index contributed by atoms with van der Waals surface area (Å²) in [6.07, 6.45) is 12.8. The molecule has 2 aromatic heterocycles. The van der Waals surface area contributed by atoms with Crippen molar-refractivity contribution in [3.8, 4) is 0 Å². The van der Waals surface area contributed by atoms with Crippen LogP contribution in [-0.2, 0) is 20.4 Å². The monoisotopic (exact) mass is 712 g/mol. The standard InChI is InChI=1S/C43H44N4O2S2/c1-3-42(34-30(46-38-36(42)50-25-44-38)21-40(19-10-20-40)23-32(34)48)28-13-15-29(16-14-28)47-31-22-41(17-8-9-18-41)24-33(49)35(31)43(4-2,27-11-6-5-7-12-27)37-39(47)45-26-51-37/h5-7,11-16,25-26,46H,3-4,8-10,17-24H2,1-2H3. The summed E-state index contributed by atoms with van der Waals surface area (Å²) in [6.45, 7) is 4.46. The van der Waals surface area contributed by atoms with Crippen molar-refractivity contribution in [1.29, 1.82) is 0 Å². The van der Waals surface area contributed by atoms with Gasteiger partial charge < -0.3 is 5.32 Å². The van der Waals surface area contributed by atoms with Gasteiger partial charge in [-0.2, -0.15) is 0 Å². The number of rotatable bonds is 5. The molecule has 4 aromatic rings. The number of ketones is 2. The Balaban J connectivity index is 1.14. The van der Waals surface area contributed by atoms with Gasteiger partial charge in [0, 0.05) is 41.1 Å². The van der Waals surface area contributed by atoms with Gasteiger partial charge in [-0.1, -0.05) is 75.6 Å². The van der Waals surface area contributed by atoms with E-state index >= 15 is 0 Å². The molecule has 2 saturated carbocycles. The summed E-state index contributed by atoms with van der Waals surface area (Å²) in [6, 6.07) is 19.6.